The smallest absolute Gasteiger partial charge is 0.347 e. The summed E-state index contributed by atoms with van der Waals surface area (Å²) >= 11 is 6.18. The lowest BCUT2D eigenvalue weighted by Gasteiger charge is -2.33. The first kappa shape index (κ1) is 25.5. The standard InChI is InChI=1S/C23H25ClF6N2O/c1-21(2,3)11-19(33)31-20-17(23(28,29)30)9-16(10-18(20)24)32-7-6-13-8-15(22(25,26)27)5-4-14(13)12-32/h8-10,12,15H,4-7,11H2,1-3H3,(H,31,33). The van der Waals surface area contributed by atoms with Crippen molar-refractivity contribution in [1.82, 2.24) is 0 Å². The molecule has 0 saturated heterocycles. The quantitative estimate of drug-likeness (QED) is 0.436. The first-order valence-electron chi connectivity index (χ1n) is 10.5. The van der Waals surface area contributed by atoms with Crippen LogP contribution in [0.2, 0.25) is 5.02 Å². The van der Waals surface area contributed by atoms with Crippen molar-refractivity contribution in [3.05, 3.63) is 46.1 Å². The zero-order valence-electron chi connectivity index (χ0n) is 18.4. The monoisotopic (exact) mass is 494 g/mol. The van der Waals surface area contributed by atoms with Crippen LogP contribution in [-0.2, 0) is 11.0 Å². The first-order chi connectivity index (χ1) is 15.0. The number of anilines is 2. The minimum absolute atomic E-state index is 0.00856. The van der Waals surface area contributed by atoms with Gasteiger partial charge in [-0.25, -0.2) is 0 Å². The number of benzene rings is 1. The maximum Gasteiger partial charge on any atom is 0.418 e. The van der Waals surface area contributed by atoms with E-state index < -0.39 is 40.8 Å². The molecule has 0 saturated carbocycles. The number of halogens is 7. The van der Waals surface area contributed by atoms with Gasteiger partial charge in [-0.1, -0.05) is 38.4 Å². The summed E-state index contributed by atoms with van der Waals surface area (Å²) < 4.78 is 80.6. The van der Waals surface area contributed by atoms with Gasteiger partial charge in [0, 0.05) is 24.9 Å². The predicted molar refractivity (Wildman–Crippen MR) is 116 cm³/mol. The second kappa shape index (κ2) is 8.89. The van der Waals surface area contributed by atoms with Crippen LogP contribution in [0, 0.1) is 11.3 Å². The number of nitrogens with zero attached hydrogens (tertiary/aromatic N) is 1. The molecule has 1 aromatic carbocycles. The number of nitrogens with one attached hydrogen (secondary N) is 1. The third kappa shape index (κ3) is 6.25. The molecule has 0 spiro atoms. The Morgan fingerprint density at radius 1 is 1.09 bits per heavy atom. The van der Waals surface area contributed by atoms with E-state index in [4.69, 9.17) is 11.6 Å². The molecule has 0 bridgehead atoms. The minimum Gasteiger partial charge on any atom is -0.347 e. The topological polar surface area (TPSA) is 32.3 Å². The number of hydrogen-bond donors (Lipinski definition) is 1. The summed E-state index contributed by atoms with van der Waals surface area (Å²) in [6.45, 7) is 5.58. The molecular weight excluding hydrogens is 470 g/mol. The van der Waals surface area contributed by atoms with Crippen molar-refractivity contribution in [3.8, 4) is 0 Å². The van der Waals surface area contributed by atoms with Crippen LogP contribution in [0.15, 0.2) is 35.6 Å². The van der Waals surface area contributed by atoms with Crippen LogP contribution in [0.25, 0.3) is 0 Å². The van der Waals surface area contributed by atoms with Crippen molar-refractivity contribution in [3.63, 3.8) is 0 Å². The molecule has 2 aliphatic rings. The van der Waals surface area contributed by atoms with Gasteiger partial charge in [-0.15, -0.1) is 0 Å². The fourth-order valence-corrected chi connectivity index (χ4v) is 4.29. The highest BCUT2D eigenvalue weighted by Gasteiger charge is 2.41. The van der Waals surface area contributed by atoms with Gasteiger partial charge in [0.15, 0.2) is 0 Å². The maximum atomic E-state index is 13.8. The molecule has 1 atom stereocenters. The van der Waals surface area contributed by atoms with Gasteiger partial charge >= 0.3 is 12.4 Å². The Hall–Kier alpha value is -2.16. The molecule has 0 radical (unpaired) electrons. The molecule has 0 aromatic heterocycles. The van der Waals surface area contributed by atoms with Gasteiger partial charge in [-0.2, -0.15) is 26.3 Å². The number of allylic oxidation sites excluding steroid dienone is 2. The second-order valence-corrected chi connectivity index (χ2v) is 10.0. The van der Waals surface area contributed by atoms with E-state index in [0.29, 0.717) is 11.1 Å². The van der Waals surface area contributed by atoms with Gasteiger partial charge in [0.05, 0.1) is 22.2 Å². The average Bonchev–Trinajstić information content (AvgIpc) is 2.65. The Balaban J connectivity index is 1.93. The number of fused-ring (bicyclic) bond motifs is 1. The van der Waals surface area contributed by atoms with Crippen LogP contribution in [-0.4, -0.2) is 18.6 Å². The van der Waals surface area contributed by atoms with E-state index in [1.807, 2.05) is 0 Å². The summed E-state index contributed by atoms with van der Waals surface area (Å²) in [6.07, 6.45) is -5.90. The van der Waals surface area contributed by atoms with Crippen molar-refractivity contribution in [1.29, 1.82) is 0 Å². The lowest BCUT2D eigenvalue weighted by Crippen LogP contribution is -2.29. The summed E-state index contributed by atoms with van der Waals surface area (Å²) in [5.41, 5.74) is -0.593. The summed E-state index contributed by atoms with van der Waals surface area (Å²) in [7, 11) is 0. The van der Waals surface area contributed by atoms with Crippen LogP contribution < -0.4 is 10.2 Å². The minimum atomic E-state index is -4.78. The van der Waals surface area contributed by atoms with E-state index in [2.05, 4.69) is 5.32 Å². The van der Waals surface area contributed by atoms with Crippen molar-refractivity contribution in [2.45, 2.75) is 58.8 Å². The van der Waals surface area contributed by atoms with E-state index in [1.165, 1.54) is 12.1 Å². The third-order valence-electron chi connectivity index (χ3n) is 5.56. The van der Waals surface area contributed by atoms with E-state index in [0.717, 1.165) is 6.07 Å². The fraction of sp³-hybridized carbons (Fsp3) is 0.522. The molecule has 1 N–H and O–H groups in total. The summed E-state index contributed by atoms with van der Waals surface area (Å²) in [6, 6.07) is 2.24. The lowest BCUT2D eigenvalue weighted by molar-refractivity contribution is -0.163. The van der Waals surface area contributed by atoms with Gasteiger partial charge < -0.3 is 10.2 Å². The van der Waals surface area contributed by atoms with Crippen molar-refractivity contribution < 1.29 is 31.1 Å². The normalized spacial score (nSPS) is 19.6. The maximum absolute atomic E-state index is 13.8. The van der Waals surface area contributed by atoms with Gasteiger partial charge in [0.1, 0.15) is 0 Å². The molecule has 1 unspecified atom stereocenters. The SMILES string of the molecule is CC(C)(C)CC(=O)Nc1c(Cl)cc(N2C=C3CCC(C(F)(F)F)C=C3CC2)cc1C(F)(F)F. The Kier molecular flexibility index (Phi) is 6.86. The number of carbonyl (C=O) groups excluding carboxylic acids is 1. The van der Waals surface area contributed by atoms with Crippen LogP contribution in [0.5, 0.6) is 0 Å². The molecule has 0 fully saturated rings. The Morgan fingerprint density at radius 3 is 2.33 bits per heavy atom. The highest BCUT2D eigenvalue weighted by molar-refractivity contribution is 6.34. The lowest BCUT2D eigenvalue weighted by atomic mass is 9.83. The van der Waals surface area contributed by atoms with Crippen LogP contribution in [0.3, 0.4) is 0 Å². The van der Waals surface area contributed by atoms with E-state index in [1.54, 1.807) is 31.9 Å². The van der Waals surface area contributed by atoms with Crippen LogP contribution in [0.1, 0.15) is 52.0 Å². The summed E-state index contributed by atoms with van der Waals surface area (Å²) in [5, 5.41) is 2.03. The average molecular weight is 495 g/mol. The Bertz CT molecular complexity index is 988. The van der Waals surface area contributed by atoms with Gasteiger partial charge in [-0.3, -0.25) is 4.79 Å². The van der Waals surface area contributed by atoms with E-state index in [-0.39, 0.29) is 42.9 Å². The van der Waals surface area contributed by atoms with Gasteiger partial charge in [0.2, 0.25) is 5.91 Å². The molecule has 10 heteroatoms. The third-order valence-corrected chi connectivity index (χ3v) is 5.86. The second-order valence-electron chi connectivity index (χ2n) is 9.61. The van der Waals surface area contributed by atoms with Crippen molar-refractivity contribution in [2.24, 2.45) is 11.3 Å². The number of carbonyl (C=O) groups is 1. The van der Waals surface area contributed by atoms with Crippen molar-refractivity contribution in [2.75, 3.05) is 16.8 Å². The zero-order valence-corrected chi connectivity index (χ0v) is 19.2. The molecule has 1 heterocycles. The van der Waals surface area contributed by atoms with Gasteiger partial charge in [0.25, 0.3) is 0 Å². The molecule has 182 valence electrons. The number of amides is 1. The number of alkyl halides is 6. The molecule has 1 amide bonds. The highest BCUT2D eigenvalue weighted by Crippen LogP contribution is 2.44. The molecule has 1 aromatic rings. The van der Waals surface area contributed by atoms with E-state index >= 15 is 0 Å². The molecule has 3 rings (SSSR count). The van der Waals surface area contributed by atoms with Crippen LogP contribution >= 0.6 is 11.6 Å². The summed E-state index contributed by atoms with van der Waals surface area (Å²) in [5.74, 6) is -2.09. The predicted octanol–water partition coefficient (Wildman–Crippen LogP) is 7.73. The zero-order chi connectivity index (χ0) is 24.8. The van der Waals surface area contributed by atoms with Crippen LogP contribution in [0.4, 0.5) is 37.7 Å². The Labute approximate surface area is 193 Å². The highest BCUT2D eigenvalue weighted by atomic mass is 35.5. The molecular formula is C23H25ClF6N2O. The first-order valence-corrected chi connectivity index (χ1v) is 10.9. The summed E-state index contributed by atoms with van der Waals surface area (Å²) in [4.78, 5) is 13.8. The molecule has 1 aliphatic heterocycles. The van der Waals surface area contributed by atoms with Crippen molar-refractivity contribution >= 4 is 28.9 Å². The number of rotatable bonds is 3. The number of hydrogen-bond acceptors (Lipinski definition) is 2. The molecule has 33 heavy (non-hydrogen) atoms. The van der Waals surface area contributed by atoms with Gasteiger partial charge in [-0.05, 0) is 48.0 Å². The largest absolute Gasteiger partial charge is 0.418 e. The Morgan fingerprint density at radius 2 is 1.76 bits per heavy atom. The van der Waals surface area contributed by atoms with E-state index in [9.17, 15) is 31.1 Å². The molecule has 3 nitrogen and oxygen atoms in total. The fourth-order valence-electron chi connectivity index (χ4n) is 4.03. The molecule has 1 aliphatic carbocycles.